The van der Waals surface area contributed by atoms with E-state index in [0.29, 0.717) is 31.0 Å². The van der Waals surface area contributed by atoms with Gasteiger partial charge >= 0.3 is 0 Å². The zero-order chi connectivity index (χ0) is 21.4. The zero-order valence-corrected chi connectivity index (χ0v) is 18.0. The number of rotatable bonds is 4. The molecular formula is C25H27N3O3. The largest absolute Gasteiger partial charge is 0.486 e. The van der Waals surface area contributed by atoms with Gasteiger partial charge in [0.1, 0.15) is 19.0 Å². The average molecular weight is 418 g/mol. The van der Waals surface area contributed by atoms with E-state index >= 15 is 0 Å². The van der Waals surface area contributed by atoms with Gasteiger partial charge in [0, 0.05) is 22.9 Å². The summed E-state index contributed by atoms with van der Waals surface area (Å²) in [6, 6.07) is 12.5. The van der Waals surface area contributed by atoms with Gasteiger partial charge in [0.25, 0.3) is 0 Å². The molecule has 1 N–H and O–H groups in total. The molecule has 2 aromatic carbocycles. The number of ketones is 1. The van der Waals surface area contributed by atoms with Crippen LogP contribution < -0.4 is 14.8 Å². The number of para-hydroxylation sites is 1. The molecule has 6 nitrogen and oxygen atoms in total. The molecule has 0 spiro atoms. The molecule has 1 saturated carbocycles. The van der Waals surface area contributed by atoms with Crippen LogP contribution in [-0.4, -0.2) is 35.0 Å². The summed E-state index contributed by atoms with van der Waals surface area (Å²) in [7, 11) is 0. The standard InChI is InChI=1S/C25H27N3O3/c1-15-21-14-18(20-4-3-5-23-24(20)31-13-12-30-23)8-11-22(21)28-25(26-15)27-19-9-6-17(7-10-19)16(2)29/h3-5,8,11,14,17,19H,6-7,9-10,12-13H2,1-2H3,(H,26,27,28). The van der Waals surface area contributed by atoms with Crippen LogP contribution in [0.15, 0.2) is 36.4 Å². The van der Waals surface area contributed by atoms with Gasteiger partial charge in [0.2, 0.25) is 5.95 Å². The Kier molecular flexibility index (Phi) is 5.22. The number of anilines is 1. The molecule has 2 aliphatic rings. The summed E-state index contributed by atoms with van der Waals surface area (Å²) < 4.78 is 11.6. The second kappa shape index (κ2) is 8.17. The Morgan fingerprint density at radius 3 is 2.65 bits per heavy atom. The molecule has 0 bridgehead atoms. The molecule has 0 saturated heterocycles. The summed E-state index contributed by atoms with van der Waals surface area (Å²) in [5, 5.41) is 4.52. The van der Waals surface area contributed by atoms with Crippen molar-refractivity contribution in [1.82, 2.24) is 9.97 Å². The molecule has 31 heavy (non-hydrogen) atoms. The highest BCUT2D eigenvalue weighted by molar-refractivity contribution is 5.88. The number of hydrogen-bond acceptors (Lipinski definition) is 6. The van der Waals surface area contributed by atoms with Crippen LogP contribution in [0.3, 0.4) is 0 Å². The van der Waals surface area contributed by atoms with Gasteiger partial charge in [0.15, 0.2) is 11.5 Å². The topological polar surface area (TPSA) is 73.3 Å². The predicted molar refractivity (Wildman–Crippen MR) is 121 cm³/mol. The zero-order valence-electron chi connectivity index (χ0n) is 18.0. The molecule has 1 aliphatic heterocycles. The third kappa shape index (κ3) is 3.94. The summed E-state index contributed by atoms with van der Waals surface area (Å²) in [6.45, 7) is 4.86. The summed E-state index contributed by atoms with van der Waals surface area (Å²) in [5.41, 5.74) is 3.93. The SMILES string of the molecule is CC(=O)C1CCC(Nc2nc(C)c3cc(-c4cccc5c4OCCO5)ccc3n2)CC1. The van der Waals surface area contributed by atoms with Crippen molar-refractivity contribution < 1.29 is 14.3 Å². The van der Waals surface area contributed by atoms with Gasteiger partial charge in [-0.05, 0) is 63.3 Å². The van der Waals surface area contributed by atoms with E-state index < -0.39 is 0 Å². The fraction of sp³-hybridized carbons (Fsp3) is 0.400. The highest BCUT2D eigenvalue weighted by atomic mass is 16.6. The van der Waals surface area contributed by atoms with Crippen LogP contribution in [0.1, 0.15) is 38.3 Å². The van der Waals surface area contributed by atoms with Crippen LogP contribution in [-0.2, 0) is 4.79 Å². The fourth-order valence-electron chi connectivity index (χ4n) is 4.64. The summed E-state index contributed by atoms with van der Waals surface area (Å²) in [4.78, 5) is 21.1. The number of aromatic nitrogens is 2. The second-order valence-corrected chi connectivity index (χ2v) is 8.50. The Labute approximate surface area is 182 Å². The minimum atomic E-state index is 0.217. The minimum absolute atomic E-state index is 0.217. The van der Waals surface area contributed by atoms with E-state index in [1.54, 1.807) is 6.92 Å². The first-order valence-corrected chi connectivity index (χ1v) is 11.0. The van der Waals surface area contributed by atoms with Crippen LogP contribution in [0.4, 0.5) is 5.95 Å². The van der Waals surface area contributed by atoms with Gasteiger partial charge in [-0.2, -0.15) is 0 Å². The molecule has 0 unspecified atom stereocenters. The summed E-state index contributed by atoms with van der Waals surface area (Å²) in [5.74, 6) is 2.78. The monoisotopic (exact) mass is 417 g/mol. The van der Waals surface area contributed by atoms with Crippen LogP contribution >= 0.6 is 0 Å². The lowest BCUT2D eigenvalue weighted by Crippen LogP contribution is -2.29. The van der Waals surface area contributed by atoms with E-state index in [1.165, 1.54) is 0 Å². The van der Waals surface area contributed by atoms with E-state index in [0.717, 1.165) is 64.9 Å². The van der Waals surface area contributed by atoms with Gasteiger partial charge in [-0.15, -0.1) is 0 Å². The Balaban J connectivity index is 1.40. The van der Waals surface area contributed by atoms with E-state index in [-0.39, 0.29) is 5.92 Å². The first-order valence-electron chi connectivity index (χ1n) is 11.0. The maximum absolute atomic E-state index is 11.6. The third-order valence-corrected chi connectivity index (χ3v) is 6.40. The number of ether oxygens (including phenoxy) is 2. The van der Waals surface area contributed by atoms with Gasteiger partial charge in [0.05, 0.1) is 11.2 Å². The first-order chi connectivity index (χ1) is 15.1. The van der Waals surface area contributed by atoms with Crippen molar-refractivity contribution in [2.45, 2.75) is 45.6 Å². The second-order valence-electron chi connectivity index (χ2n) is 8.50. The molecule has 160 valence electrons. The average Bonchev–Trinajstić information content (AvgIpc) is 2.79. The van der Waals surface area contributed by atoms with E-state index in [9.17, 15) is 4.79 Å². The molecule has 0 radical (unpaired) electrons. The molecule has 6 heteroatoms. The number of hydrogen-bond donors (Lipinski definition) is 1. The van der Waals surface area contributed by atoms with E-state index in [1.807, 2.05) is 25.1 Å². The Hall–Kier alpha value is -3.15. The maximum Gasteiger partial charge on any atom is 0.223 e. The van der Waals surface area contributed by atoms with Crippen LogP contribution in [0.5, 0.6) is 11.5 Å². The Morgan fingerprint density at radius 1 is 1.03 bits per heavy atom. The quantitative estimate of drug-likeness (QED) is 0.648. The normalized spacial score (nSPS) is 20.5. The number of fused-ring (bicyclic) bond motifs is 2. The third-order valence-electron chi connectivity index (χ3n) is 6.40. The van der Waals surface area contributed by atoms with E-state index in [2.05, 4.69) is 23.5 Å². The lowest BCUT2D eigenvalue weighted by molar-refractivity contribution is -0.121. The van der Waals surface area contributed by atoms with E-state index in [4.69, 9.17) is 19.4 Å². The number of nitrogens with zero attached hydrogens (tertiary/aromatic N) is 2. The Morgan fingerprint density at radius 2 is 1.84 bits per heavy atom. The first kappa shape index (κ1) is 19.8. The number of Topliss-reactive ketones (excluding diaryl/α,β-unsaturated/α-hetero) is 1. The van der Waals surface area contributed by atoms with Crippen molar-refractivity contribution in [1.29, 1.82) is 0 Å². The minimum Gasteiger partial charge on any atom is -0.486 e. The summed E-state index contributed by atoms with van der Waals surface area (Å²) >= 11 is 0. The van der Waals surface area contributed by atoms with Crippen LogP contribution in [0.2, 0.25) is 0 Å². The number of carbonyl (C=O) groups is 1. The fourth-order valence-corrected chi connectivity index (χ4v) is 4.64. The van der Waals surface area contributed by atoms with Crippen molar-refractivity contribution in [2.75, 3.05) is 18.5 Å². The predicted octanol–water partition coefficient (Wildman–Crippen LogP) is 4.94. The smallest absolute Gasteiger partial charge is 0.223 e. The van der Waals surface area contributed by atoms with Crippen molar-refractivity contribution >= 4 is 22.6 Å². The van der Waals surface area contributed by atoms with Crippen molar-refractivity contribution in [3.8, 4) is 22.6 Å². The molecule has 1 fully saturated rings. The van der Waals surface area contributed by atoms with Crippen LogP contribution in [0.25, 0.3) is 22.0 Å². The maximum atomic E-state index is 11.6. The number of benzene rings is 2. The highest BCUT2D eigenvalue weighted by Crippen LogP contribution is 2.40. The van der Waals surface area contributed by atoms with Crippen LogP contribution in [0, 0.1) is 12.8 Å². The molecule has 0 amide bonds. The van der Waals surface area contributed by atoms with Crippen molar-refractivity contribution in [3.63, 3.8) is 0 Å². The van der Waals surface area contributed by atoms with Gasteiger partial charge in [-0.1, -0.05) is 18.2 Å². The molecule has 3 aromatic rings. The number of aryl methyl sites for hydroxylation is 1. The van der Waals surface area contributed by atoms with Crippen molar-refractivity contribution in [2.24, 2.45) is 5.92 Å². The number of nitrogens with one attached hydrogen (secondary N) is 1. The molecule has 1 aliphatic carbocycles. The molecule has 0 atom stereocenters. The van der Waals surface area contributed by atoms with Crippen molar-refractivity contribution in [3.05, 3.63) is 42.1 Å². The lowest BCUT2D eigenvalue weighted by atomic mass is 9.84. The molecule has 2 heterocycles. The number of carbonyl (C=O) groups excluding carboxylic acids is 1. The lowest BCUT2D eigenvalue weighted by Gasteiger charge is -2.27. The Bertz CT molecular complexity index is 1140. The summed E-state index contributed by atoms with van der Waals surface area (Å²) in [6.07, 6.45) is 3.84. The molecule has 1 aromatic heterocycles. The van der Waals surface area contributed by atoms with Gasteiger partial charge in [-0.25, -0.2) is 9.97 Å². The molecule has 5 rings (SSSR count). The van der Waals surface area contributed by atoms with Gasteiger partial charge in [-0.3, -0.25) is 4.79 Å². The van der Waals surface area contributed by atoms with Gasteiger partial charge < -0.3 is 14.8 Å². The molecular weight excluding hydrogens is 390 g/mol. The highest BCUT2D eigenvalue weighted by Gasteiger charge is 2.24.